The topological polar surface area (TPSA) is 76.7 Å². The van der Waals surface area contributed by atoms with Crippen molar-refractivity contribution in [1.29, 1.82) is 0 Å². The molecule has 0 aliphatic heterocycles. The van der Waals surface area contributed by atoms with E-state index in [2.05, 4.69) is 17.2 Å². The summed E-state index contributed by atoms with van der Waals surface area (Å²) in [6.07, 6.45) is 1.71. The quantitative estimate of drug-likeness (QED) is 0.531. The molecule has 0 saturated heterocycles. The molecular formula is C19H28N2O4. The summed E-state index contributed by atoms with van der Waals surface area (Å²) >= 11 is 0. The Labute approximate surface area is 149 Å². The molecule has 1 atom stereocenters. The van der Waals surface area contributed by atoms with E-state index in [1.54, 1.807) is 26.8 Å². The van der Waals surface area contributed by atoms with Crippen molar-refractivity contribution < 1.29 is 19.1 Å². The molecular weight excluding hydrogens is 320 g/mol. The Morgan fingerprint density at radius 1 is 1.24 bits per heavy atom. The maximum Gasteiger partial charge on any atom is 0.408 e. The molecule has 25 heavy (non-hydrogen) atoms. The third kappa shape index (κ3) is 9.52. The molecule has 6 nitrogen and oxygen atoms in total. The molecule has 0 aliphatic rings. The lowest BCUT2D eigenvalue weighted by Gasteiger charge is -2.23. The molecule has 0 bridgehead atoms. The van der Waals surface area contributed by atoms with Gasteiger partial charge in [0.2, 0.25) is 5.91 Å². The van der Waals surface area contributed by atoms with Crippen LogP contribution in [0, 0.1) is 0 Å². The minimum absolute atomic E-state index is 0.0497. The lowest BCUT2D eigenvalue weighted by molar-refractivity contribution is -0.124. The highest BCUT2D eigenvalue weighted by Crippen LogP contribution is 2.07. The fourth-order valence-corrected chi connectivity index (χ4v) is 1.92. The fraction of sp³-hybridized carbons (Fsp3) is 0.474. The summed E-state index contributed by atoms with van der Waals surface area (Å²) in [5, 5.41) is 5.30. The van der Waals surface area contributed by atoms with Crippen molar-refractivity contribution in [1.82, 2.24) is 10.6 Å². The summed E-state index contributed by atoms with van der Waals surface area (Å²) in [6.45, 7) is 9.75. The van der Waals surface area contributed by atoms with Crippen molar-refractivity contribution in [3.63, 3.8) is 0 Å². The highest BCUT2D eigenvalue weighted by Gasteiger charge is 2.24. The number of hydrogen-bond acceptors (Lipinski definition) is 4. The second-order valence-corrected chi connectivity index (χ2v) is 6.57. The van der Waals surface area contributed by atoms with E-state index in [1.807, 2.05) is 30.3 Å². The standard InChI is InChI=1S/C19H28N2O4/c1-5-6-12-20-17(22)16(21-18(23)25-19(2,3)4)14-24-13-15-10-8-7-9-11-15/h5,7-11,16H,1,6,12-14H2,2-4H3,(H,20,22)(H,21,23)/t16-/m0/s1. The molecule has 0 saturated carbocycles. The Hall–Kier alpha value is -2.34. The molecule has 0 heterocycles. The van der Waals surface area contributed by atoms with Crippen LogP contribution in [0.5, 0.6) is 0 Å². The van der Waals surface area contributed by atoms with Crippen molar-refractivity contribution in [2.75, 3.05) is 13.2 Å². The number of carbonyl (C=O) groups excluding carboxylic acids is 2. The van der Waals surface area contributed by atoms with Crippen LogP contribution in [0.3, 0.4) is 0 Å². The van der Waals surface area contributed by atoms with Crippen LogP contribution in [0.4, 0.5) is 4.79 Å². The van der Waals surface area contributed by atoms with Gasteiger partial charge in [-0.3, -0.25) is 4.79 Å². The van der Waals surface area contributed by atoms with Gasteiger partial charge in [0.1, 0.15) is 11.6 Å². The summed E-state index contributed by atoms with van der Waals surface area (Å²) in [6, 6.07) is 8.78. The third-order valence-corrected chi connectivity index (χ3v) is 3.05. The zero-order valence-corrected chi connectivity index (χ0v) is 15.2. The fourth-order valence-electron chi connectivity index (χ4n) is 1.92. The van der Waals surface area contributed by atoms with E-state index in [9.17, 15) is 9.59 Å². The second kappa shape index (κ2) is 10.5. The van der Waals surface area contributed by atoms with Gasteiger partial charge in [-0.05, 0) is 32.8 Å². The number of benzene rings is 1. The van der Waals surface area contributed by atoms with Crippen molar-refractivity contribution in [3.05, 3.63) is 48.6 Å². The highest BCUT2D eigenvalue weighted by atomic mass is 16.6. The Kier molecular flexibility index (Phi) is 8.70. The van der Waals surface area contributed by atoms with E-state index < -0.39 is 17.7 Å². The first-order valence-electron chi connectivity index (χ1n) is 8.31. The number of rotatable bonds is 9. The van der Waals surface area contributed by atoms with Crippen LogP contribution >= 0.6 is 0 Å². The summed E-state index contributed by atoms with van der Waals surface area (Å²) < 4.78 is 10.8. The van der Waals surface area contributed by atoms with Crippen LogP contribution in [0.2, 0.25) is 0 Å². The molecule has 138 valence electrons. The van der Waals surface area contributed by atoms with Crippen molar-refractivity contribution >= 4 is 12.0 Å². The van der Waals surface area contributed by atoms with Gasteiger partial charge in [0, 0.05) is 6.54 Å². The smallest absolute Gasteiger partial charge is 0.408 e. The normalized spacial score (nSPS) is 12.1. The average Bonchev–Trinajstić information content (AvgIpc) is 2.53. The van der Waals surface area contributed by atoms with Gasteiger partial charge in [0.25, 0.3) is 0 Å². The van der Waals surface area contributed by atoms with Crippen LogP contribution in [0.1, 0.15) is 32.8 Å². The van der Waals surface area contributed by atoms with Gasteiger partial charge in [0.15, 0.2) is 0 Å². The van der Waals surface area contributed by atoms with E-state index in [1.165, 1.54) is 0 Å². The Morgan fingerprint density at radius 3 is 2.52 bits per heavy atom. The van der Waals surface area contributed by atoms with E-state index in [-0.39, 0.29) is 12.5 Å². The predicted octanol–water partition coefficient (Wildman–Crippen LogP) is 2.79. The second-order valence-electron chi connectivity index (χ2n) is 6.57. The van der Waals surface area contributed by atoms with Crippen molar-refractivity contribution in [2.45, 2.75) is 45.4 Å². The number of alkyl carbamates (subject to hydrolysis) is 1. The summed E-state index contributed by atoms with van der Waals surface area (Å²) in [4.78, 5) is 24.2. The highest BCUT2D eigenvalue weighted by molar-refractivity contribution is 5.85. The van der Waals surface area contributed by atoms with Gasteiger partial charge >= 0.3 is 6.09 Å². The largest absolute Gasteiger partial charge is 0.444 e. The average molecular weight is 348 g/mol. The lowest BCUT2D eigenvalue weighted by atomic mass is 10.2. The Balaban J connectivity index is 2.58. The van der Waals surface area contributed by atoms with Crippen LogP contribution in [-0.2, 0) is 20.9 Å². The van der Waals surface area contributed by atoms with Crippen molar-refractivity contribution in [3.8, 4) is 0 Å². The molecule has 6 heteroatoms. The summed E-state index contributed by atoms with van der Waals surface area (Å²) in [7, 11) is 0. The third-order valence-electron chi connectivity index (χ3n) is 3.05. The number of hydrogen-bond donors (Lipinski definition) is 2. The lowest BCUT2D eigenvalue weighted by Crippen LogP contribution is -2.50. The van der Waals surface area contributed by atoms with E-state index in [0.29, 0.717) is 19.6 Å². The molecule has 2 amide bonds. The zero-order chi connectivity index (χ0) is 18.7. The Bertz CT molecular complexity index is 552. The zero-order valence-electron chi connectivity index (χ0n) is 15.2. The first-order valence-corrected chi connectivity index (χ1v) is 8.31. The monoisotopic (exact) mass is 348 g/mol. The first kappa shape index (κ1) is 20.7. The maximum absolute atomic E-state index is 12.3. The molecule has 0 aromatic heterocycles. The van der Waals surface area contributed by atoms with Gasteiger partial charge < -0.3 is 20.1 Å². The van der Waals surface area contributed by atoms with Gasteiger partial charge in [-0.1, -0.05) is 36.4 Å². The predicted molar refractivity (Wildman–Crippen MR) is 97.1 cm³/mol. The maximum atomic E-state index is 12.3. The van der Waals surface area contributed by atoms with E-state index >= 15 is 0 Å². The number of nitrogens with one attached hydrogen (secondary N) is 2. The molecule has 1 aromatic carbocycles. The van der Waals surface area contributed by atoms with Crippen molar-refractivity contribution in [2.24, 2.45) is 0 Å². The molecule has 1 aromatic rings. The van der Waals surface area contributed by atoms with Gasteiger partial charge in [-0.2, -0.15) is 0 Å². The molecule has 0 aliphatic carbocycles. The molecule has 0 radical (unpaired) electrons. The number of carbonyl (C=O) groups is 2. The minimum Gasteiger partial charge on any atom is -0.444 e. The van der Waals surface area contributed by atoms with E-state index in [0.717, 1.165) is 5.56 Å². The first-order chi connectivity index (χ1) is 11.8. The summed E-state index contributed by atoms with van der Waals surface area (Å²) in [5.74, 6) is -0.319. The number of ether oxygens (including phenoxy) is 2. The van der Waals surface area contributed by atoms with Crippen LogP contribution in [0.25, 0.3) is 0 Å². The van der Waals surface area contributed by atoms with E-state index in [4.69, 9.17) is 9.47 Å². The molecule has 0 fully saturated rings. The van der Waals surface area contributed by atoms with Crippen LogP contribution in [-0.4, -0.2) is 36.8 Å². The minimum atomic E-state index is -0.830. The molecule has 0 unspecified atom stereocenters. The molecule has 2 N–H and O–H groups in total. The summed E-state index contributed by atoms with van der Waals surface area (Å²) in [5.41, 5.74) is 0.351. The SMILES string of the molecule is C=CCCNC(=O)[C@H](COCc1ccccc1)NC(=O)OC(C)(C)C. The Morgan fingerprint density at radius 2 is 1.92 bits per heavy atom. The van der Waals surface area contributed by atoms with Crippen LogP contribution in [0.15, 0.2) is 43.0 Å². The van der Waals surface area contributed by atoms with Gasteiger partial charge in [0.05, 0.1) is 13.2 Å². The molecule has 0 spiro atoms. The molecule has 1 rings (SSSR count). The van der Waals surface area contributed by atoms with Gasteiger partial charge in [-0.25, -0.2) is 4.79 Å². The van der Waals surface area contributed by atoms with Crippen LogP contribution < -0.4 is 10.6 Å². The van der Waals surface area contributed by atoms with Gasteiger partial charge in [-0.15, -0.1) is 6.58 Å². The number of amides is 2.